The molecular formula is C16H16N2O2. The molecule has 0 aliphatic heterocycles. The van der Waals surface area contributed by atoms with E-state index in [4.69, 9.17) is 10.00 Å². The van der Waals surface area contributed by atoms with Gasteiger partial charge in [-0.25, -0.2) is 0 Å². The van der Waals surface area contributed by atoms with Gasteiger partial charge in [0.05, 0.1) is 7.11 Å². The summed E-state index contributed by atoms with van der Waals surface area (Å²) in [5, 5.41) is 8.99. The summed E-state index contributed by atoms with van der Waals surface area (Å²) in [5.41, 5.74) is 1.85. The molecule has 0 saturated carbocycles. The summed E-state index contributed by atoms with van der Waals surface area (Å²) in [5.74, 6) is 0.813. The molecule has 0 amide bonds. The summed E-state index contributed by atoms with van der Waals surface area (Å²) in [4.78, 5) is 12.1. The fourth-order valence-corrected chi connectivity index (χ4v) is 2.02. The van der Waals surface area contributed by atoms with Gasteiger partial charge in [-0.15, -0.1) is 0 Å². The molecule has 0 aliphatic rings. The number of pyridine rings is 1. The van der Waals surface area contributed by atoms with Crippen LogP contribution >= 0.6 is 0 Å². The largest absolute Gasteiger partial charge is 0.497 e. The van der Waals surface area contributed by atoms with Gasteiger partial charge in [0.2, 0.25) is 0 Å². The normalized spacial score (nSPS) is 10.1. The van der Waals surface area contributed by atoms with Crippen molar-refractivity contribution in [2.24, 2.45) is 0 Å². The molecule has 4 nitrogen and oxygen atoms in total. The Balaban J connectivity index is 2.15. The molecule has 20 heavy (non-hydrogen) atoms. The van der Waals surface area contributed by atoms with Gasteiger partial charge < -0.3 is 9.30 Å². The number of ether oxygens (including phenoxy) is 1. The smallest absolute Gasteiger partial charge is 0.268 e. The van der Waals surface area contributed by atoms with Crippen LogP contribution < -0.4 is 10.3 Å². The third-order valence-corrected chi connectivity index (χ3v) is 3.29. The van der Waals surface area contributed by atoms with Crippen molar-refractivity contribution in [2.75, 3.05) is 7.11 Å². The number of nitriles is 1. The Kier molecular flexibility index (Phi) is 4.21. The van der Waals surface area contributed by atoms with Crippen LogP contribution in [0, 0.1) is 18.3 Å². The van der Waals surface area contributed by atoms with Crippen molar-refractivity contribution in [3.8, 4) is 11.8 Å². The second-order valence-electron chi connectivity index (χ2n) is 4.58. The minimum atomic E-state index is -0.221. The molecule has 0 bridgehead atoms. The van der Waals surface area contributed by atoms with E-state index in [1.54, 1.807) is 30.9 Å². The summed E-state index contributed by atoms with van der Waals surface area (Å²) in [6, 6.07) is 11.5. The van der Waals surface area contributed by atoms with E-state index in [0.717, 1.165) is 23.3 Å². The highest BCUT2D eigenvalue weighted by molar-refractivity contribution is 5.34. The topological polar surface area (TPSA) is 55.0 Å². The Morgan fingerprint density at radius 2 is 1.95 bits per heavy atom. The first-order valence-corrected chi connectivity index (χ1v) is 6.39. The Bertz CT molecular complexity index is 694. The third kappa shape index (κ3) is 2.89. The summed E-state index contributed by atoms with van der Waals surface area (Å²) in [6.07, 6.45) is 2.47. The number of methoxy groups -OCH3 is 1. The van der Waals surface area contributed by atoms with Gasteiger partial charge in [-0.05, 0) is 42.7 Å². The van der Waals surface area contributed by atoms with E-state index >= 15 is 0 Å². The molecule has 0 fully saturated rings. The molecule has 0 unspecified atom stereocenters. The summed E-state index contributed by atoms with van der Waals surface area (Å²) in [7, 11) is 1.63. The molecule has 2 aromatic rings. The molecule has 1 aromatic heterocycles. The molecule has 102 valence electrons. The minimum absolute atomic E-state index is 0.221. The molecule has 0 atom stereocenters. The summed E-state index contributed by atoms with van der Waals surface area (Å²) in [6.45, 7) is 2.33. The van der Waals surface area contributed by atoms with Gasteiger partial charge in [0.1, 0.15) is 17.4 Å². The Morgan fingerprint density at radius 3 is 2.55 bits per heavy atom. The van der Waals surface area contributed by atoms with Gasteiger partial charge in [-0.1, -0.05) is 12.1 Å². The molecule has 1 aromatic carbocycles. The minimum Gasteiger partial charge on any atom is -0.497 e. The van der Waals surface area contributed by atoms with Crippen molar-refractivity contribution in [1.82, 2.24) is 4.57 Å². The summed E-state index contributed by atoms with van der Waals surface area (Å²) < 4.78 is 6.68. The van der Waals surface area contributed by atoms with Crippen LogP contribution in [0.25, 0.3) is 0 Å². The predicted octanol–water partition coefficient (Wildman–Crippen LogP) is 2.28. The number of hydrogen-bond donors (Lipinski definition) is 0. The highest BCUT2D eigenvalue weighted by Crippen LogP contribution is 2.12. The molecule has 0 N–H and O–H groups in total. The Hall–Kier alpha value is -2.54. The second-order valence-corrected chi connectivity index (χ2v) is 4.58. The SMILES string of the molecule is COc1ccc(CCn2ccc(C)c(C#N)c2=O)cc1. The van der Waals surface area contributed by atoms with Crippen molar-refractivity contribution in [2.45, 2.75) is 19.9 Å². The van der Waals surface area contributed by atoms with Crippen LogP contribution in [0.2, 0.25) is 0 Å². The van der Waals surface area contributed by atoms with E-state index in [-0.39, 0.29) is 11.1 Å². The van der Waals surface area contributed by atoms with E-state index in [1.807, 2.05) is 30.3 Å². The predicted molar refractivity (Wildman–Crippen MR) is 76.9 cm³/mol. The quantitative estimate of drug-likeness (QED) is 0.854. The fraction of sp³-hybridized carbons (Fsp3) is 0.250. The maximum atomic E-state index is 12.1. The first-order chi connectivity index (χ1) is 9.65. The van der Waals surface area contributed by atoms with Crippen molar-refractivity contribution in [3.05, 3.63) is 63.6 Å². The molecular weight excluding hydrogens is 252 g/mol. The number of benzene rings is 1. The Labute approximate surface area is 117 Å². The van der Waals surface area contributed by atoms with E-state index < -0.39 is 0 Å². The molecule has 1 heterocycles. The number of rotatable bonds is 4. The summed E-state index contributed by atoms with van der Waals surface area (Å²) >= 11 is 0. The van der Waals surface area contributed by atoms with Crippen molar-refractivity contribution >= 4 is 0 Å². The highest BCUT2D eigenvalue weighted by Gasteiger charge is 2.06. The van der Waals surface area contributed by atoms with Gasteiger partial charge in [0.15, 0.2) is 0 Å². The van der Waals surface area contributed by atoms with E-state index in [0.29, 0.717) is 6.54 Å². The maximum Gasteiger partial charge on any atom is 0.268 e. The zero-order chi connectivity index (χ0) is 14.5. The van der Waals surface area contributed by atoms with Crippen molar-refractivity contribution < 1.29 is 4.74 Å². The van der Waals surface area contributed by atoms with Crippen LogP contribution in [-0.2, 0) is 13.0 Å². The van der Waals surface area contributed by atoms with Crippen molar-refractivity contribution in [3.63, 3.8) is 0 Å². The Morgan fingerprint density at radius 1 is 1.25 bits per heavy atom. The third-order valence-electron chi connectivity index (χ3n) is 3.29. The zero-order valence-corrected chi connectivity index (χ0v) is 11.6. The van der Waals surface area contributed by atoms with E-state index in [2.05, 4.69) is 0 Å². The average Bonchev–Trinajstić information content (AvgIpc) is 2.47. The lowest BCUT2D eigenvalue weighted by Gasteiger charge is -2.08. The van der Waals surface area contributed by atoms with Gasteiger partial charge in [-0.3, -0.25) is 4.79 Å². The molecule has 4 heteroatoms. The lowest BCUT2D eigenvalue weighted by molar-refractivity contribution is 0.414. The van der Waals surface area contributed by atoms with E-state index in [9.17, 15) is 4.79 Å². The monoisotopic (exact) mass is 268 g/mol. The van der Waals surface area contributed by atoms with Crippen LogP contribution in [-0.4, -0.2) is 11.7 Å². The second kappa shape index (κ2) is 6.07. The molecule has 0 aliphatic carbocycles. The molecule has 0 spiro atoms. The molecule has 0 saturated heterocycles. The van der Waals surface area contributed by atoms with Crippen LogP contribution in [0.1, 0.15) is 16.7 Å². The number of nitrogens with zero attached hydrogens (tertiary/aromatic N) is 2. The number of aryl methyl sites for hydroxylation is 3. The molecule has 0 radical (unpaired) electrons. The van der Waals surface area contributed by atoms with Gasteiger partial charge in [0, 0.05) is 12.7 Å². The fourth-order valence-electron chi connectivity index (χ4n) is 2.02. The van der Waals surface area contributed by atoms with Crippen LogP contribution in [0.5, 0.6) is 5.75 Å². The van der Waals surface area contributed by atoms with Gasteiger partial charge in [-0.2, -0.15) is 5.26 Å². The van der Waals surface area contributed by atoms with Crippen LogP contribution in [0.3, 0.4) is 0 Å². The number of hydrogen-bond acceptors (Lipinski definition) is 3. The highest BCUT2D eigenvalue weighted by atomic mass is 16.5. The number of aromatic nitrogens is 1. The average molecular weight is 268 g/mol. The lowest BCUT2D eigenvalue weighted by Crippen LogP contribution is -2.23. The maximum absolute atomic E-state index is 12.1. The first kappa shape index (κ1) is 13.9. The van der Waals surface area contributed by atoms with Crippen molar-refractivity contribution in [1.29, 1.82) is 5.26 Å². The van der Waals surface area contributed by atoms with E-state index in [1.165, 1.54) is 0 Å². The molecule has 2 rings (SSSR count). The van der Waals surface area contributed by atoms with Crippen LogP contribution in [0.4, 0.5) is 0 Å². The first-order valence-electron chi connectivity index (χ1n) is 6.39. The standard InChI is InChI=1S/C16H16N2O2/c1-12-7-9-18(16(19)15(12)11-17)10-8-13-3-5-14(20-2)6-4-13/h3-7,9H,8,10H2,1-2H3. The van der Waals surface area contributed by atoms with Gasteiger partial charge in [0.25, 0.3) is 5.56 Å². The van der Waals surface area contributed by atoms with Gasteiger partial charge >= 0.3 is 0 Å². The zero-order valence-electron chi connectivity index (χ0n) is 11.6. The lowest BCUT2D eigenvalue weighted by atomic mass is 10.1. The van der Waals surface area contributed by atoms with Crippen LogP contribution in [0.15, 0.2) is 41.3 Å².